The molecule has 0 aliphatic rings. The van der Waals surface area contributed by atoms with E-state index in [0.29, 0.717) is 19.3 Å². The van der Waals surface area contributed by atoms with Gasteiger partial charge in [0.15, 0.2) is 0 Å². The van der Waals surface area contributed by atoms with Gasteiger partial charge in [0.1, 0.15) is 13.2 Å². The number of ether oxygens (including phenoxy) is 2. The van der Waals surface area contributed by atoms with Gasteiger partial charge in [-0.15, -0.1) is 0 Å². The molecule has 38 heavy (non-hydrogen) atoms. The number of rotatable bonds is 20. The van der Waals surface area contributed by atoms with Crippen LogP contribution in [0.25, 0.3) is 0 Å². The zero-order chi connectivity index (χ0) is 28.2. The molecule has 1 aromatic rings. The highest BCUT2D eigenvalue weighted by Crippen LogP contribution is 2.25. The Bertz CT molecular complexity index is 876. The molecule has 4 N–H and O–H groups in total. The van der Waals surface area contributed by atoms with Gasteiger partial charge in [0.25, 0.3) is 5.91 Å². The summed E-state index contributed by atoms with van der Waals surface area (Å²) in [5, 5.41) is 5.24. The maximum absolute atomic E-state index is 13.4. The second kappa shape index (κ2) is 18.8. The highest BCUT2D eigenvalue weighted by molar-refractivity contribution is 6.09. The molecule has 2 unspecified atom stereocenters. The normalized spacial score (nSPS) is 13.0. The van der Waals surface area contributed by atoms with E-state index < -0.39 is 35.3 Å². The number of nitrogens with one attached hydrogen (secondary N) is 2. The monoisotopic (exact) mass is 531 g/mol. The maximum atomic E-state index is 13.4. The molecular formula is C29H45N3O6. The number of benzene rings is 1. The first-order chi connectivity index (χ1) is 18.3. The fourth-order valence-corrected chi connectivity index (χ4v) is 4.14. The summed E-state index contributed by atoms with van der Waals surface area (Å²) in [6, 6.07) is 9.04. The van der Waals surface area contributed by atoms with Crippen LogP contribution in [0.3, 0.4) is 0 Å². The number of nitrogens with two attached hydrogens (primary N) is 1. The van der Waals surface area contributed by atoms with Crippen LogP contribution in [0, 0.1) is 5.92 Å². The van der Waals surface area contributed by atoms with Crippen molar-refractivity contribution in [1.82, 2.24) is 10.6 Å². The van der Waals surface area contributed by atoms with E-state index in [9.17, 15) is 19.2 Å². The van der Waals surface area contributed by atoms with Crippen molar-refractivity contribution in [3.8, 4) is 0 Å². The Balaban J connectivity index is 2.86. The van der Waals surface area contributed by atoms with Crippen LogP contribution < -0.4 is 16.4 Å². The largest absolute Gasteiger partial charge is 0.459 e. The summed E-state index contributed by atoms with van der Waals surface area (Å²) in [7, 11) is 0. The molecule has 0 fully saturated rings. The van der Waals surface area contributed by atoms with Gasteiger partial charge in [-0.05, 0) is 30.7 Å². The lowest BCUT2D eigenvalue weighted by molar-refractivity contribution is -0.162. The molecule has 1 rings (SSSR count). The molecule has 0 spiro atoms. The quantitative estimate of drug-likeness (QED) is 0.0978. The Morgan fingerprint density at radius 3 is 2.29 bits per heavy atom. The van der Waals surface area contributed by atoms with Crippen LogP contribution in [-0.4, -0.2) is 42.6 Å². The van der Waals surface area contributed by atoms with Gasteiger partial charge in [-0.1, -0.05) is 95.4 Å². The second-order valence-electron chi connectivity index (χ2n) is 9.51. The number of hydrogen-bond acceptors (Lipinski definition) is 6. The van der Waals surface area contributed by atoms with Crippen LogP contribution in [0.2, 0.25) is 0 Å². The van der Waals surface area contributed by atoms with Gasteiger partial charge >= 0.3 is 12.1 Å². The lowest BCUT2D eigenvalue weighted by Crippen LogP contribution is -2.66. The maximum Gasteiger partial charge on any atom is 0.407 e. The summed E-state index contributed by atoms with van der Waals surface area (Å²) in [5.41, 5.74) is 4.48. The first-order valence-corrected chi connectivity index (χ1v) is 13.6. The highest BCUT2D eigenvalue weighted by atomic mass is 16.5. The van der Waals surface area contributed by atoms with Crippen LogP contribution in [0.4, 0.5) is 4.79 Å². The van der Waals surface area contributed by atoms with Crippen molar-refractivity contribution in [2.75, 3.05) is 13.2 Å². The van der Waals surface area contributed by atoms with Gasteiger partial charge in [-0.3, -0.25) is 9.59 Å². The van der Waals surface area contributed by atoms with Gasteiger partial charge in [0.2, 0.25) is 11.4 Å². The van der Waals surface area contributed by atoms with Gasteiger partial charge in [-0.2, -0.15) is 0 Å². The van der Waals surface area contributed by atoms with Crippen molar-refractivity contribution >= 4 is 23.9 Å². The van der Waals surface area contributed by atoms with Crippen molar-refractivity contribution in [2.24, 2.45) is 11.7 Å². The van der Waals surface area contributed by atoms with E-state index in [4.69, 9.17) is 15.2 Å². The molecule has 9 heteroatoms. The van der Waals surface area contributed by atoms with Crippen LogP contribution in [0.15, 0.2) is 43.0 Å². The van der Waals surface area contributed by atoms with E-state index in [2.05, 4.69) is 24.1 Å². The summed E-state index contributed by atoms with van der Waals surface area (Å²) >= 11 is 0. The van der Waals surface area contributed by atoms with E-state index >= 15 is 0 Å². The Labute approximate surface area is 226 Å². The number of carbonyl (C=O) groups excluding carboxylic acids is 4. The standard InChI is InChI=1S/C29H45N3O6/c1-4-6-7-8-9-10-14-19-25(33)32-29(26(30)34,27(35)38-22-24-17-12-11-13-18-24)23(3)16-15-20-31-28(36)37-21-5-2/h5,11-13,17-18,23H,2,4,6-10,14-16,19-22H2,1,3H3,(H2,30,34)(H,31,36)(H,32,33). The van der Waals surface area contributed by atoms with Crippen molar-refractivity contribution in [2.45, 2.75) is 90.2 Å². The van der Waals surface area contributed by atoms with Crippen LogP contribution >= 0.6 is 0 Å². The first-order valence-electron chi connectivity index (χ1n) is 13.6. The Kier molecular flexibility index (Phi) is 16.2. The number of hydrogen-bond donors (Lipinski definition) is 3. The number of amides is 3. The minimum atomic E-state index is -2.03. The first kappa shape index (κ1) is 32.7. The molecule has 0 aliphatic heterocycles. The van der Waals surface area contributed by atoms with Gasteiger partial charge in [-0.25, -0.2) is 9.59 Å². The number of alkyl carbamates (subject to hydrolysis) is 1. The molecule has 0 saturated heterocycles. The summed E-state index contributed by atoms with van der Waals surface area (Å²) in [6.07, 6.45) is 9.02. The molecule has 9 nitrogen and oxygen atoms in total. The Hall–Kier alpha value is -3.36. The van der Waals surface area contributed by atoms with Gasteiger partial charge in [0, 0.05) is 13.0 Å². The second-order valence-corrected chi connectivity index (χ2v) is 9.51. The van der Waals surface area contributed by atoms with Gasteiger partial charge in [0.05, 0.1) is 0 Å². The fourth-order valence-electron chi connectivity index (χ4n) is 4.14. The van der Waals surface area contributed by atoms with E-state index in [1.54, 1.807) is 19.1 Å². The minimum Gasteiger partial charge on any atom is -0.459 e. The molecule has 3 amide bonds. The van der Waals surface area contributed by atoms with Crippen molar-refractivity contribution < 1.29 is 28.7 Å². The zero-order valence-corrected chi connectivity index (χ0v) is 23.0. The third-order valence-electron chi connectivity index (χ3n) is 6.42. The lowest BCUT2D eigenvalue weighted by Gasteiger charge is -2.35. The fraction of sp³-hybridized carbons (Fsp3) is 0.586. The molecule has 0 aliphatic carbocycles. The summed E-state index contributed by atoms with van der Waals surface area (Å²) in [5.74, 6) is -2.98. The molecule has 0 saturated carbocycles. The van der Waals surface area contributed by atoms with E-state index in [0.717, 1.165) is 24.8 Å². The van der Waals surface area contributed by atoms with E-state index in [1.807, 2.05) is 18.2 Å². The van der Waals surface area contributed by atoms with Crippen molar-refractivity contribution in [1.29, 1.82) is 0 Å². The molecule has 1 aromatic carbocycles. The Morgan fingerprint density at radius 2 is 1.66 bits per heavy atom. The van der Waals surface area contributed by atoms with Gasteiger partial charge < -0.3 is 25.8 Å². The van der Waals surface area contributed by atoms with Crippen LogP contribution in [0.1, 0.15) is 83.6 Å². The number of carbonyl (C=O) groups is 4. The molecule has 0 heterocycles. The SMILES string of the molecule is C=CCOC(=O)NCCCC(C)C(NC(=O)CCCCCCCCC)(C(N)=O)C(=O)OCc1ccccc1. The predicted molar refractivity (Wildman–Crippen MR) is 147 cm³/mol. The third kappa shape index (κ3) is 11.8. The van der Waals surface area contributed by atoms with E-state index in [1.165, 1.54) is 25.3 Å². The zero-order valence-electron chi connectivity index (χ0n) is 23.0. The smallest absolute Gasteiger partial charge is 0.407 e. The van der Waals surface area contributed by atoms with Crippen LogP contribution in [-0.2, 0) is 30.5 Å². The molecular weight excluding hydrogens is 486 g/mol. The minimum absolute atomic E-state index is 0.0637. The third-order valence-corrected chi connectivity index (χ3v) is 6.42. The average Bonchev–Trinajstić information content (AvgIpc) is 2.91. The number of primary amides is 1. The van der Waals surface area contributed by atoms with E-state index in [-0.39, 0.29) is 26.2 Å². The average molecular weight is 532 g/mol. The van der Waals surface area contributed by atoms with Crippen LogP contribution in [0.5, 0.6) is 0 Å². The van der Waals surface area contributed by atoms with Crippen molar-refractivity contribution in [3.63, 3.8) is 0 Å². The topological polar surface area (TPSA) is 137 Å². The molecule has 0 bridgehead atoms. The molecule has 0 radical (unpaired) electrons. The summed E-state index contributed by atoms with van der Waals surface area (Å²) in [4.78, 5) is 50.7. The predicted octanol–water partition coefficient (Wildman–Crippen LogP) is 4.54. The highest BCUT2D eigenvalue weighted by Gasteiger charge is 2.51. The Morgan fingerprint density at radius 1 is 1.00 bits per heavy atom. The molecule has 212 valence electrons. The molecule has 0 aromatic heterocycles. The number of unbranched alkanes of at least 4 members (excludes halogenated alkanes) is 6. The lowest BCUT2D eigenvalue weighted by atomic mass is 9.81. The molecule has 2 atom stereocenters. The summed E-state index contributed by atoms with van der Waals surface area (Å²) in [6.45, 7) is 7.58. The number of esters is 1. The summed E-state index contributed by atoms with van der Waals surface area (Å²) < 4.78 is 10.4. The van der Waals surface area contributed by atoms with Crippen molar-refractivity contribution in [3.05, 3.63) is 48.6 Å².